The van der Waals surface area contributed by atoms with E-state index in [9.17, 15) is 14.4 Å². The minimum absolute atomic E-state index is 0.0971. The summed E-state index contributed by atoms with van der Waals surface area (Å²) in [7, 11) is 1.64. The first kappa shape index (κ1) is 16.3. The predicted molar refractivity (Wildman–Crippen MR) is 80.2 cm³/mol. The lowest BCUT2D eigenvalue weighted by Gasteiger charge is -2.24. The van der Waals surface area contributed by atoms with Gasteiger partial charge in [-0.3, -0.25) is 14.4 Å². The van der Waals surface area contributed by atoms with Gasteiger partial charge in [0.2, 0.25) is 11.8 Å². The second-order valence-electron chi connectivity index (χ2n) is 5.39. The van der Waals surface area contributed by atoms with E-state index < -0.39 is 18.4 Å². The zero-order valence-electron chi connectivity index (χ0n) is 12.2. The van der Waals surface area contributed by atoms with Gasteiger partial charge in [0, 0.05) is 31.6 Å². The summed E-state index contributed by atoms with van der Waals surface area (Å²) in [6.07, 6.45) is 0.131. The number of aliphatic carboxylic acids is 1. The van der Waals surface area contributed by atoms with Crippen LogP contribution in [0.3, 0.4) is 0 Å². The topological polar surface area (TPSA) is 77.9 Å². The minimum atomic E-state index is -1.08. The first-order valence-electron chi connectivity index (χ1n) is 6.86. The summed E-state index contributed by atoms with van der Waals surface area (Å²) in [5.41, 5.74) is 0.789. The van der Waals surface area contributed by atoms with Crippen LogP contribution in [-0.2, 0) is 20.9 Å². The van der Waals surface area contributed by atoms with Crippen molar-refractivity contribution in [2.24, 2.45) is 5.92 Å². The Morgan fingerprint density at radius 1 is 1.36 bits per heavy atom. The first-order chi connectivity index (χ1) is 10.4. The zero-order chi connectivity index (χ0) is 16.3. The van der Waals surface area contributed by atoms with Crippen LogP contribution in [0.15, 0.2) is 24.3 Å². The van der Waals surface area contributed by atoms with Crippen LogP contribution in [0.5, 0.6) is 0 Å². The third-order valence-corrected chi connectivity index (χ3v) is 3.87. The molecule has 0 saturated carbocycles. The van der Waals surface area contributed by atoms with Gasteiger partial charge >= 0.3 is 5.97 Å². The van der Waals surface area contributed by atoms with E-state index >= 15 is 0 Å². The smallest absolute Gasteiger partial charge is 0.323 e. The molecule has 2 rings (SSSR count). The highest BCUT2D eigenvalue weighted by Crippen LogP contribution is 2.20. The molecular formula is C15H17ClN2O4. The molecule has 1 aromatic carbocycles. The Morgan fingerprint density at radius 2 is 2.00 bits per heavy atom. The van der Waals surface area contributed by atoms with E-state index in [2.05, 4.69) is 0 Å². The van der Waals surface area contributed by atoms with Gasteiger partial charge in [-0.25, -0.2) is 0 Å². The molecule has 118 valence electrons. The normalized spacial score (nSPS) is 17.6. The van der Waals surface area contributed by atoms with Crippen LogP contribution in [0.4, 0.5) is 0 Å². The molecule has 0 bridgehead atoms. The van der Waals surface area contributed by atoms with Gasteiger partial charge in [0.25, 0.3) is 0 Å². The van der Waals surface area contributed by atoms with Gasteiger partial charge in [0.15, 0.2) is 0 Å². The molecule has 0 spiro atoms. The highest BCUT2D eigenvalue weighted by Gasteiger charge is 2.35. The number of rotatable bonds is 5. The number of carbonyl (C=O) groups excluding carboxylic acids is 2. The molecule has 6 nitrogen and oxygen atoms in total. The molecule has 1 N–H and O–H groups in total. The Hall–Kier alpha value is -2.08. The highest BCUT2D eigenvalue weighted by atomic mass is 35.5. The Kier molecular flexibility index (Phi) is 5.03. The number of hydrogen-bond donors (Lipinski definition) is 1. The number of carbonyl (C=O) groups is 3. The Balaban J connectivity index is 2.11. The maximum atomic E-state index is 12.5. The first-order valence-corrected chi connectivity index (χ1v) is 7.23. The van der Waals surface area contributed by atoms with Crippen molar-refractivity contribution in [1.29, 1.82) is 0 Å². The summed E-state index contributed by atoms with van der Waals surface area (Å²) in [5, 5.41) is 9.58. The van der Waals surface area contributed by atoms with E-state index in [-0.39, 0.29) is 24.8 Å². The molecule has 1 aliphatic rings. The molecule has 2 amide bonds. The second-order valence-corrected chi connectivity index (χ2v) is 5.83. The van der Waals surface area contributed by atoms with Gasteiger partial charge in [0.1, 0.15) is 6.54 Å². The van der Waals surface area contributed by atoms with Gasteiger partial charge in [-0.05, 0) is 17.7 Å². The van der Waals surface area contributed by atoms with Gasteiger partial charge in [-0.15, -0.1) is 0 Å². The molecule has 1 saturated heterocycles. The van der Waals surface area contributed by atoms with Crippen LogP contribution in [0.25, 0.3) is 0 Å². The van der Waals surface area contributed by atoms with Crippen molar-refractivity contribution < 1.29 is 19.5 Å². The molecule has 1 aromatic rings. The van der Waals surface area contributed by atoms with Crippen LogP contribution in [0.1, 0.15) is 12.0 Å². The van der Waals surface area contributed by atoms with Gasteiger partial charge in [0.05, 0.1) is 5.92 Å². The lowest BCUT2D eigenvalue weighted by atomic mass is 10.1. The number of halogens is 1. The summed E-state index contributed by atoms with van der Waals surface area (Å²) in [5.74, 6) is -1.97. The molecule has 1 unspecified atom stereocenters. The second kappa shape index (κ2) is 6.79. The third kappa shape index (κ3) is 3.98. The molecule has 22 heavy (non-hydrogen) atoms. The number of benzene rings is 1. The fourth-order valence-corrected chi connectivity index (χ4v) is 2.60. The van der Waals surface area contributed by atoms with Crippen molar-refractivity contribution in [3.8, 4) is 0 Å². The fraction of sp³-hybridized carbons (Fsp3) is 0.400. The van der Waals surface area contributed by atoms with Crippen LogP contribution >= 0.6 is 11.6 Å². The zero-order valence-corrected chi connectivity index (χ0v) is 12.9. The standard InChI is InChI=1S/C15H17ClN2O4/c1-17-8-11(6-13(17)19)15(22)18(9-14(20)21)7-10-2-4-12(16)5-3-10/h2-5,11H,6-9H2,1H3,(H,20,21). The average Bonchev–Trinajstić information content (AvgIpc) is 2.79. The molecule has 1 heterocycles. The van der Waals surface area contributed by atoms with E-state index in [1.165, 1.54) is 9.80 Å². The summed E-state index contributed by atoms with van der Waals surface area (Å²) >= 11 is 5.81. The van der Waals surface area contributed by atoms with Crippen LogP contribution in [-0.4, -0.2) is 52.8 Å². The van der Waals surface area contributed by atoms with Crippen molar-refractivity contribution in [2.45, 2.75) is 13.0 Å². The van der Waals surface area contributed by atoms with E-state index in [1.807, 2.05) is 0 Å². The summed E-state index contributed by atoms with van der Waals surface area (Å²) < 4.78 is 0. The fourth-order valence-electron chi connectivity index (χ4n) is 2.47. The van der Waals surface area contributed by atoms with E-state index in [4.69, 9.17) is 16.7 Å². The summed E-state index contributed by atoms with van der Waals surface area (Å²) in [6.45, 7) is 0.112. The lowest BCUT2D eigenvalue weighted by Crippen LogP contribution is -2.40. The molecule has 0 aliphatic carbocycles. The third-order valence-electron chi connectivity index (χ3n) is 3.61. The van der Waals surface area contributed by atoms with E-state index in [1.54, 1.807) is 31.3 Å². The molecule has 0 aromatic heterocycles. The number of amides is 2. The largest absolute Gasteiger partial charge is 0.480 e. The molecular weight excluding hydrogens is 308 g/mol. The van der Waals surface area contributed by atoms with Crippen molar-refractivity contribution in [1.82, 2.24) is 9.80 Å². The van der Waals surface area contributed by atoms with Crippen LogP contribution in [0, 0.1) is 5.92 Å². The Bertz CT molecular complexity index is 588. The van der Waals surface area contributed by atoms with Gasteiger partial charge < -0.3 is 14.9 Å². The summed E-state index contributed by atoms with van der Waals surface area (Å²) in [6, 6.07) is 6.87. The van der Waals surface area contributed by atoms with Gasteiger partial charge in [-0.1, -0.05) is 23.7 Å². The van der Waals surface area contributed by atoms with Crippen LogP contribution in [0.2, 0.25) is 5.02 Å². The molecule has 1 fully saturated rings. The van der Waals surface area contributed by atoms with Crippen molar-refractivity contribution in [2.75, 3.05) is 20.1 Å². The molecule has 1 atom stereocenters. The predicted octanol–water partition coefficient (Wildman–Crippen LogP) is 1.23. The molecule has 1 aliphatic heterocycles. The summed E-state index contributed by atoms with van der Waals surface area (Å²) in [4.78, 5) is 37.8. The monoisotopic (exact) mass is 324 g/mol. The van der Waals surface area contributed by atoms with Crippen molar-refractivity contribution in [3.63, 3.8) is 0 Å². The Labute approximate surface area is 133 Å². The SMILES string of the molecule is CN1CC(C(=O)N(CC(=O)O)Cc2ccc(Cl)cc2)CC1=O. The van der Waals surface area contributed by atoms with Crippen LogP contribution < -0.4 is 0 Å². The average molecular weight is 325 g/mol. The van der Waals surface area contributed by atoms with E-state index in [0.717, 1.165) is 5.56 Å². The number of likely N-dealkylation sites (tertiary alicyclic amines) is 1. The number of nitrogens with zero attached hydrogens (tertiary/aromatic N) is 2. The molecule has 0 radical (unpaired) electrons. The van der Waals surface area contributed by atoms with Gasteiger partial charge in [-0.2, -0.15) is 0 Å². The Morgan fingerprint density at radius 3 is 2.50 bits per heavy atom. The number of hydrogen-bond acceptors (Lipinski definition) is 3. The lowest BCUT2D eigenvalue weighted by molar-refractivity contribution is -0.146. The van der Waals surface area contributed by atoms with Crippen molar-refractivity contribution >= 4 is 29.4 Å². The quantitative estimate of drug-likeness (QED) is 0.883. The molecule has 7 heteroatoms. The van der Waals surface area contributed by atoms with Crippen molar-refractivity contribution in [3.05, 3.63) is 34.9 Å². The maximum Gasteiger partial charge on any atom is 0.323 e. The maximum absolute atomic E-state index is 12.5. The highest BCUT2D eigenvalue weighted by molar-refractivity contribution is 6.30. The number of carboxylic acids is 1. The number of carboxylic acid groups (broad SMARTS) is 1. The van der Waals surface area contributed by atoms with E-state index in [0.29, 0.717) is 11.6 Å². The minimum Gasteiger partial charge on any atom is -0.480 e.